The quantitative estimate of drug-likeness (QED) is 0.847. The standard InChI is InChI=1S/C12H10O3S2/c13-10(6-8-2-1-5-16-8)11-4-3-9(17-11)7-12(14)15/h1-5H,6-7H2,(H,14,15). The van der Waals surface area contributed by atoms with Gasteiger partial charge in [0.05, 0.1) is 11.3 Å². The van der Waals surface area contributed by atoms with Gasteiger partial charge in [-0.05, 0) is 23.6 Å². The Balaban J connectivity index is 2.04. The number of carboxylic acids is 1. The molecular formula is C12H10O3S2. The van der Waals surface area contributed by atoms with Gasteiger partial charge in [-0.1, -0.05) is 6.07 Å². The molecular weight excluding hydrogens is 256 g/mol. The Kier molecular flexibility index (Phi) is 3.71. The minimum absolute atomic E-state index is 0.0169. The highest BCUT2D eigenvalue weighted by Crippen LogP contribution is 2.20. The van der Waals surface area contributed by atoms with Gasteiger partial charge in [0.1, 0.15) is 0 Å². The van der Waals surface area contributed by atoms with E-state index in [1.807, 2.05) is 17.5 Å². The number of carbonyl (C=O) groups is 2. The zero-order valence-electron chi connectivity index (χ0n) is 8.88. The van der Waals surface area contributed by atoms with Crippen molar-refractivity contribution in [1.82, 2.24) is 0 Å². The van der Waals surface area contributed by atoms with Crippen LogP contribution in [-0.4, -0.2) is 16.9 Å². The first-order chi connectivity index (χ1) is 8.15. The number of carbonyl (C=O) groups excluding carboxylic acids is 1. The van der Waals surface area contributed by atoms with Gasteiger partial charge in [0.25, 0.3) is 0 Å². The number of aliphatic carboxylic acids is 1. The van der Waals surface area contributed by atoms with Crippen molar-refractivity contribution in [3.05, 3.63) is 44.3 Å². The second-order valence-electron chi connectivity index (χ2n) is 3.52. The summed E-state index contributed by atoms with van der Waals surface area (Å²) >= 11 is 2.82. The highest BCUT2D eigenvalue weighted by atomic mass is 32.1. The fourth-order valence-electron chi connectivity index (χ4n) is 1.43. The molecule has 2 rings (SSSR count). The van der Waals surface area contributed by atoms with E-state index in [2.05, 4.69) is 0 Å². The molecule has 0 bridgehead atoms. The van der Waals surface area contributed by atoms with E-state index < -0.39 is 5.97 Å². The van der Waals surface area contributed by atoms with Gasteiger partial charge in [-0.15, -0.1) is 22.7 Å². The van der Waals surface area contributed by atoms with Crippen LogP contribution in [0, 0.1) is 0 Å². The summed E-state index contributed by atoms with van der Waals surface area (Å²) in [7, 11) is 0. The van der Waals surface area contributed by atoms with Crippen LogP contribution in [0.3, 0.4) is 0 Å². The minimum Gasteiger partial charge on any atom is -0.481 e. The lowest BCUT2D eigenvalue weighted by molar-refractivity contribution is -0.136. The zero-order chi connectivity index (χ0) is 12.3. The van der Waals surface area contributed by atoms with Gasteiger partial charge in [-0.3, -0.25) is 9.59 Å². The molecule has 0 amide bonds. The molecule has 3 nitrogen and oxygen atoms in total. The largest absolute Gasteiger partial charge is 0.481 e. The summed E-state index contributed by atoms with van der Waals surface area (Å²) in [5, 5.41) is 10.6. The van der Waals surface area contributed by atoms with Gasteiger partial charge in [-0.2, -0.15) is 0 Å². The van der Waals surface area contributed by atoms with Crippen LogP contribution < -0.4 is 0 Å². The third-order valence-electron chi connectivity index (χ3n) is 2.18. The molecule has 0 aliphatic heterocycles. The molecule has 2 aromatic rings. The summed E-state index contributed by atoms with van der Waals surface area (Å²) in [6, 6.07) is 7.26. The van der Waals surface area contributed by atoms with Crippen molar-refractivity contribution < 1.29 is 14.7 Å². The Morgan fingerprint density at radius 3 is 2.59 bits per heavy atom. The molecule has 0 aliphatic carbocycles. The lowest BCUT2D eigenvalue weighted by Gasteiger charge is -1.94. The van der Waals surface area contributed by atoms with Crippen molar-refractivity contribution in [2.45, 2.75) is 12.8 Å². The van der Waals surface area contributed by atoms with Gasteiger partial charge < -0.3 is 5.11 Å². The van der Waals surface area contributed by atoms with E-state index >= 15 is 0 Å². The van der Waals surface area contributed by atoms with Crippen molar-refractivity contribution in [2.24, 2.45) is 0 Å². The molecule has 0 saturated heterocycles. The topological polar surface area (TPSA) is 54.4 Å². The molecule has 1 N–H and O–H groups in total. The normalized spacial score (nSPS) is 10.4. The monoisotopic (exact) mass is 266 g/mol. The summed E-state index contributed by atoms with van der Waals surface area (Å²) in [6.07, 6.45) is 0.377. The number of hydrogen-bond acceptors (Lipinski definition) is 4. The van der Waals surface area contributed by atoms with Gasteiger partial charge >= 0.3 is 5.97 Å². The fourth-order valence-corrected chi connectivity index (χ4v) is 3.07. The van der Waals surface area contributed by atoms with Crippen molar-refractivity contribution >= 4 is 34.4 Å². The van der Waals surface area contributed by atoms with E-state index in [1.165, 1.54) is 11.3 Å². The summed E-state index contributed by atoms with van der Waals surface area (Å²) in [5.41, 5.74) is 0. The Bertz CT molecular complexity index is 526. The zero-order valence-corrected chi connectivity index (χ0v) is 10.5. The predicted molar refractivity (Wildman–Crippen MR) is 68.0 cm³/mol. The second kappa shape index (κ2) is 5.25. The van der Waals surface area contributed by atoms with Gasteiger partial charge in [0.2, 0.25) is 0 Å². The molecule has 0 radical (unpaired) electrons. The van der Waals surface area contributed by atoms with Crippen molar-refractivity contribution in [3.8, 4) is 0 Å². The smallest absolute Gasteiger partial charge is 0.308 e. The second-order valence-corrected chi connectivity index (χ2v) is 5.72. The number of thiophene rings is 2. The van der Waals surface area contributed by atoms with Crippen molar-refractivity contribution in [3.63, 3.8) is 0 Å². The highest BCUT2D eigenvalue weighted by Gasteiger charge is 2.12. The molecule has 0 fully saturated rings. The Morgan fingerprint density at radius 2 is 1.94 bits per heavy atom. The van der Waals surface area contributed by atoms with Crippen LogP contribution in [-0.2, 0) is 17.6 Å². The molecule has 88 valence electrons. The molecule has 2 heterocycles. The first-order valence-electron chi connectivity index (χ1n) is 5.01. The van der Waals surface area contributed by atoms with Crippen molar-refractivity contribution in [1.29, 1.82) is 0 Å². The van der Waals surface area contributed by atoms with Crippen LogP contribution in [0.2, 0.25) is 0 Å². The number of hydrogen-bond donors (Lipinski definition) is 1. The average molecular weight is 266 g/mol. The molecule has 2 aromatic heterocycles. The maximum Gasteiger partial charge on any atom is 0.308 e. The number of rotatable bonds is 5. The number of carboxylic acid groups (broad SMARTS) is 1. The first-order valence-corrected chi connectivity index (χ1v) is 6.71. The minimum atomic E-state index is -0.871. The molecule has 0 saturated carbocycles. The van der Waals surface area contributed by atoms with Gasteiger partial charge in [-0.25, -0.2) is 0 Å². The molecule has 5 heteroatoms. The van der Waals surface area contributed by atoms with Crippen LogP contribution in [0.1, 0.15) is 19.4 Å². The van der Waals surface area contributed by atoms with Crippen molar-refractivity contribution in [2.75, 3.05) is 0 Å². The van der Waals surface area contributed by atoms with Crippen LogP contribution in [0.15, 0.2) is 29.6 Å². The average Bonchev–Trinajstić information content (AvgIpc) is 2.87. The summed E-state index contributed by atoms with van der Waals surface area (Å²) in [6.45, 7) is 0. The lowest BCUT2D eigenvalue weighted by Crippen LogP contribution is -1.99. The maximum absolute atomic E-state index is 11.9. The molecule has 0 aliphatic rings. The molecule has 0 spiro atoms. The van der Waals surface area contributed by atoms with E-state index in [9.17, 15) is 9.59 Å². The van der Waals surface area contributed by atoms with Crippen LogP contribution in [0.5, 0.6) is 0 Å². The fraction of sp³-hybridized carbons (Fsp3) is 0.167. The van der Waals surface area contributed by atoms with E-state index in [-0.39, 0.29) is 12.2 Å². The maximum atomic E-state index is 11.9. The molecule has 0 atom stereocenters. The molecule has 17 heavy (non-hydrogen) atoms. The van der Waals surface area contributed by atoms with E-state index in [4.69, 9.17) is 5.11 Å². The third kappa shape index (κ3) is 3.25. The van der Waals surface area contributed by atoms with Gasteiger partial charge in [0.15, 0.2) is 5.78 Å². The Labute approximate surface area is 106 Å². The van der Waals surface area contributed by atoms with Gasteiger partial charge in [0, 0.05) is 16.2 Å². The predicted octanol–water partition coefficient (Wildman–Crippen LogP) is 2.86. The van der Waals surface area contributed by atoms with E-state index in [0.717, 1.165) is 4.88 Å². The first kappa shape index (κ1) is 12.0. The lowest BCUT2D eigenvalue weighted by atomic mass is 10.2. The number of ketones is 1. The van der Waals surface area contributed by atoms with E-state index in [1.54, 1.807) is 23.5 Å². The van der Waals surface area contributed by atoms with Crippen LogP contribution >= 0.6 is 22.7 Å². The summed E-state index contributed by atoms with van der Waals surface area (Å²) in [5.74, 6) is -0.821. The molecule has 0 aromatic carbocycles. The van der Waals surface area contributed by atoms with E-state index in [0.29, 0.717) is 16.2 Å². The SMILES string of the molecule is O=C(O)Cc1ccc(C(=O)Cc2cccs2)s1. The summed E-state index contributed by atoms with van der Waals surface area (Å²) in [4.78, 5) is 24.8. The number of Topliss-reactive ketones (excluding diaryl/α,β-unsaturated/α-hetero) is 1. The summed E-state index contributed by atoms with van der Waals surface area (Å²) < 4.78 is 0. The van der Waals surface area contributed by atoms with Crippen LogP contribution in [0.25, 0.3) is 0 Å². The third-order valence-corrected chi connectivity index (χ3v) is 4.18. The van der Waals surface area contributed by atoms with Crippen LogP contribution in [0.4, 0.5) is 0 Å². The Morgan fingerprint density at radius 1 is 1.12 bits per heavy atom. The molecule has 0 unspecified atom stereocenters. The highest BCUT2D eigenvalue weighted by molar-refractivity contribution is 7.14. The Hall–Kier alpha value is -1.46.